The normalized spacial score (nSPS) is 21.8. The summed E-state index contributed by atoms with van der Waals surface area (Å²) in [6.45, 7) is 3.73. The molecule has 0 spiro atoms. The zero-order chi connectivity index (χ0) is 13.0. The Morgan fingerprint density at radius 1 is 1.37 bits per heavy atom. The average molecular weight is 283 g/mol. The van der Waals surface area contributed by atoms with Crippen molar-refractivity contribution in [3.05, 3.63) is 35.9 Å². The number of halogens is 1. The van der Waals surface area contributed by atoms with Crippen molar-refractivity contribution < 1.29 is 4.79 Å². The number of nitrogens with one attached hydrogen (secondary N) is 1. The summed E-state index contributed by atoms with van der Waals surface area (Å²) in [5.41, 5.74) is 0.862. The van der Waals surface area contributed by atoms with Crippen LogP contribution in [0.3, 0.4) is 0 Å². The summed E-state index contributed by atoms with van der Waals surface area (Å²) in [5.74, 6) is 0.228. The molecule has 1 N–H and O–H groups in total. The average Bonchev–Trinajstić information content (AvgIpc) is 2.89. The van der Waals surface area contributed by atoms with Crippen molar-refractivity contribution in [2.75, 3.05) is 13.6 Å². The van der Waals surface area contributed by atoms with Crippen molar-refractivity contribution in [3.8, 4) is 0 Å². The van der Waals surface area contributed by atoms with Crippen LogP contribution in [0.1, 0.15) is 31.7 Å². The first kappa shape index (κ1) is 16.0. The van der Waals surface area contributed by atoms with E-state index in [4.69, 9.17) is 0 Å². The van der Waals surface area contributed by atoms with Crippen LogP contribution in [-0.4, -0.2) is 29.9 Å². The molecule has 1 atom stereocenters. The quantitative estimate of drug-likeness (QED) is 0.921. The molecular formula is C15H23ClN2O. The van der Waals surface area contributed by atoms with E-state index in [1.165, 1.54) is 5.56 Å². The molecule has 106 valence electrons. The van der Waals surface area contributed by atoms with Gasteiger partial charge in [-0.3, -0.25) is 4.79 Å². The van der Waals surface area contributed by atoms with Crippen LogP contribution in [0, 0.1) is 0 Å². The Balaban J connectivity index is 0.00000180. The largest absolute Gasteiger partial charge is 0.340 e. The third kappa shape index (κ3) is 3.48. The molecule has 0 aliphatic carbocycles. The number of likely N-dealkylation sites (N-methyl/N-ethyl adjacent to an activating group) is 1. The topological polar surface area (TPSA) is 32.3 Å². The first-order valence-electron chi connectivity index (χ1n) is 6.72. The second-order valence-electron chi connectivity index (χ2n) is 5.11. The maximum Gasteiger partial charge on any atom is 0.242 e. The zero-order valence-electron chi connectivity index (χ0n) is 11.7. The Kier molecular flexibility index (Phi) is 5.83. The molecule has 1 aliphatic rings. The fraction of sp³-hybridized carbons (Fsp3) is 0.533. The number of carbonyl (C=O) groups is 1. The van der Waals surface area contributed by atoms with Gasteiger partial charge in [-0.15, -0.1) is 12.4 Å². The van der Waals surface area contributed by atoms with E-state index in [0.717, 1.165) is 25.8 Å². The van der Waals surface area contributed by atoms with Crippen LogP contribution < -0.4 is 5.32 Å². The lowest BCUT2D eigenvalue weighted by atomic mass is 9.92. The van der Waals surface area contributed by atoms with E-state index in [1.807, 2.05) is 30.1 Å². The summed E-state index contributed by atoms with van der Waals surface area (Å²) in [7, 11) is 1.90. The van der Waals surface area contributed by atoms with Gasteiger partial charge in [0.25, 0.3) is 0 Å². The maximum absolute atomic E-state index is 12.6. The van der Waals surface area contributed by atoms with Gasteiger partial charge in [-0.1, -0.05) is 37.3 Å². The van der Waals surface area contributed by atoms with Crippen molar-refractivity contribution in [2.24, 2.45) is 0 Å². The minimum Gasteiger partial charge on any atom is -0.340 e. The lowest BCUT2D eigenvalue weighted by Gasteiger charge is -2.31. The molecule has 1 saturated heterocycles. The van der Waals surface area contributed by atoms with Crippen LogP contribution in [0.25, 0.3) is 0 Å². The minimum atomic E-state index is -0.316. The van der Waals surface area contributed by atoms with Gasteiger partial charge in [-0.25, -0.2) is 0 Å². The Morgan fingerprint density at radius 3 is 2.58 bits per heavy atom. The second-order valence-corrected chi connectivity index (χ2v) is 5.11. The third-order valence-corrected chi connectivity index (χ3v) is 3.87. The van der Waals surface area contributed by atoms with Gasteiger partial charge in [0.15, 0.2) is 0 Å². The fourth-order valence-electron chi connectivity index (χ4n) is 2.74. The molecule has 1 heterocycles. The number of benzene rings is 1. The zero-order valence-corrected chi connectivity index (χ0v) is 12.5. The van der Waals surface area contributed by atoms with Crippen LogP contribution in [0.4, 0.5) is 0 Å². The summed E-state index contributed by atoms with van der Waals surface area (Å²) >= 11 is 0. The molecule has 0 radical (unpaired) electrons. The van der Waals surface area contributed by atoms with E-state index in [-0.39, 0.29) is 23.9 Å². The minimum absolute atomic E-state index is 0. The summed E-state index contributed by atoms with van der Waals surface area (Å²) in [5, 5.41) is 3.40. The number of carbonyl (C=O) groups excluding carboxylic acids is 1. The van der Waals surface area contributed by atoms with Crippen LogP contribution in [0.5, 0.6) is 0 Å². The highest BCUT2D eigenvalue weighted by molar-refractivity contribution is 5.86. The molecule has 1 aliphatic heterocycles. The predicted octanol–water partition coefficient (Wildman–Crippen LogP) is 2.60. The van der Waals surface area contributed by atoms with Crippen LogP contribution >= 0.6 is 12.4 Å². The molecule has 1 amide bonds. The Morgan fingerprint density at radius 2 is 2.05 bits per heavy atom. The van der Waals surface area contributed by atoms with Crippen molar-refractivity contribution in [1.29, 1.82) is 0 Å². The number of amides is 1. The highest BCUT2D eigenvalue weighted by Gasteiger charge is 2.40. The monoisotopic (exact) mass is 282 g/mol. The van der Waals surface area contributed by atoms with Gasteiger partial charge < -0.3 is 10.2 Å². The molecule has 1 aromatic carbocycles. The Bertz CT molecular complexity index is 402. The first-order chi connectivity index (χ1) is 8.68. The molecular weight excluding hydrogens is 260 g/mol. The Hall–Kier alpha value is -1.06. The van der Waals surface area contributed by atoms with Gasteiger partial charge in [0.05, 0.1) is 5.54 Å². The number of hydrogen-bond donors (Lipinski definition) is 1. The smallest absolute Gasteiger partial charge is 0.242 e. The molecule has 2 rings (SSSR count). The summed E-state index contributed by atoms with van der Waals surface area (Å²) in [6.07, 6.45) is 2.92. The second kappa shape index (κ2) is 6.92. The van der Waals surface area contributed by atoms with Gasteiger partial charge in [0.1, 0.15) is 0 Å². The van der Waals surface area contributed by atoms with Gasteiger partial charge in [-0.05, 0) is 31.4 Å². The predicted molar refractivity (Wildman–Crippen MR) is 80.4 cm³/mol. The maximum atomic E-state index is 12.6. The van der Waals surface area contributed by atoms with Crippen molar-refractivity contribution in [3.63, 3.8) is 0 Å². The summed E-state index contributed by atoms with van der Waals surface area (Å²) in [4.78, 5) is 14.4. The van der Waals surface area contributed by atoms with Crippen LogP contribution in [-0.2, 0) is 11.3 Å². The lowest BCUT2D eigenvalue weighted by molar-refractivity contribution is -0.137. The third-order valence-electron chi connectivity index (χ3n) is 3.87. The molecule has 1 unspecified atom stereocenters. The molecule has 0 aromatic heterocycles. The highest BCUT2D eigenvalue weighted by atomic mass is 35.5. The summed E-state index contributed by atoms with van der Waals surface area (Å²) in [6, 6.07) is 10.1. The van der Waals surface area contributed by atoms with Crippen molar-refractivity contribution in [2.45, 2.75) is 38.3 Å². The van der Waals surface area contributed by atoms with Crippen molar-refractivity contribution in [1.82, 2.24) is 10.2 Å². The van der Waals surface area contributed by atoms with Crippen LogP contribution in [0.2, 0.25) is 0 Å². The standard InChI is InChI=1S/C15H22N2O.ClH/c1-3-15(10-7-11-16-15)14(18)17(2)12-13-8-5-4-6-9-13;/h4-6,8-9,16H,3,7,10-12H2,1-2H3;1H. The molecule has 0 saturated carbocycles. The van der Waals surface area contributed by atoms with E-state index >= 15 is 0 Å². The van der Waals surface area contributed by atoms with Gasteiger partial charge in [0, 0.05) is 13.6 Å². The summed E-state index contributed by atoms with van der Waals surface area (Å²) < 4.78 is 0. The Labute approximate surface area is 121 Å². The highest BCUT2D eigenvalue weighted by Crippen LogP contribution is 2.25. The van der Waals surface area contributed by atoms with Gasteiger partial charge in [-0.2, -0.15) is 0 Å². The number of hydrogen-bond acceptors (Lipinski definition) is 2. The SMILES string of the molecule is CCC1(C(=O)N(C)Cc2ccccc2)CCCN1.Cl. The van der Waals surface area contributed by atoms with Crippen molar-refractivity contribution >= 4 is 18.3 Å². The molecule has 3 nitrogen and oxygen atoms in total. The van der Waals surface area contributed by atoms with Gasteiger partial charge in [0.2, 0.25) is 5.91 Å². The molecule has 0 bridgehead atoms. The first-order valence-corrected chi connectivity index (χ1v) is 6.72. The van der Waals surface area contributed by atoms with E-state index in [0.29, 0.717) is 6.54 Å². The number of rotatable bonds is 4. The molecule has 19 heavy (non-hydrogen) atoms. The van der Waals surface area contributed by atoms with E-state index in [9.17, 15) is 4.79 Å². The van der Waals surface area contributed by atoms with Gasteiger partial charge >= 0.3 is 0 Å². The van der Waals surface area contributed by atoms with E-state index in [2.05, 4.69) is 24.4 Å². The molecule has 1 aromatic rings. The molecule has 4 heteroatoms. The lowest BCUT2D eigenvalue weighted by Crippen LogP contribution is -2.53. The fourth-order valence-corrected chi connectivity index (χ4v) is 2.74. The molecule has 1 fully saturated rings. The van der Waals surface area contributed by atoms with Crippen LogP contribution in [0.15, 0.2) is 30.3 Å². The van der Waals surface area contributed by atoms with E-state index < -0.39 is 0 Å². The van der Waals surface area contributed by atoms with E-state index in [1.54, 1.807) is 0 Å². The number of nitrogens with zero attached hydrogens (tertiary/aromatic N) is 1.